The highest BCUT2D eigenvalue weighted by Crippen LogP contribution is 2.28. The molecule has 2 atom stereocenters. The van der Waals surface area contributed by atoms with Crippen molar-refractivity contribution in [2.75, 3.05) is 19.7 Å². The number of hydrogen-bond donors (Lipinski definition) is 1. The van der Waals surface area contributed by atoms with E-state index in [1.54, 1.807) is 0 Å². The number of benzene rings is 2. The molecule has 126 valence electrons. The molecule has 4 rings (SSSR count). The van der Waals surface area contributed by atoms with Gasteiger partial charge < -0.3 is 15.0 Å². The fourth-order valence-electron chi connectivity index (χ4n) is 3.89. The van der Waals surface area contributed by atoms with E-state index in [1.807, 2.05) is 24.3 Å². The van der Waals surface area contributed by atoms with Gasteiger partial charge in [-0.05, 0) is 60.8 Å². The van der Waals surface area contributed by atoms with Crippen LogP contribution in [0.3, 0.4) is 0 Å². The first kappa shape index (κ1) is 15.9. The van der Waals surface area contributed by atoms with E-state index in [0.29, 0.717) is 12.1 Å². The maximum atomic E-state index is 12.7. The van der Waals surface area contributed by atoms with Crippen molar-refractivity contribution in [2.24, 2.45) is 0 Å². The molecule has 2 aliphatic heterocycles. The lowest BCUT2D eigenvalue weighted by Crippen LogP contribution is -2.44. The van der Waals surface area contributed by atoms with Crippen molar-refractivity contribution in [3.05, 3.63) is 40.9 Å². The molecule has 2 aromatic rings. The lowest BCUT2D eigenvalue weighted by molar-refractivity contribution is -0.136. The molecule has 5 heteroatoms. The van der Waals surface area contributed by atoms with E-state index in [9.17, 15) is 4.79 Å². The Bertz CT molecular complexity index is 750. The summed E-state index contributed by atoms with van der Waals surface area (Å²) < 4.78 is 6.86. The number of carbonyl (C=O) groups is 1. The van der Waals surface area contributed by atoms with Gasteiger partial charge in [0.25, 0.3) is 5.91 Å². The van der Waals surface area contributed by atoms with Gasteiger partial charge in [0.2, 0.25) is 0 Å². The average Bonchev–Trinajstić information content (AvgIpc) is 2.85. The smallest absolute Gasteiger partial charge is 0.261 e. The number of ether oxygens (including phenoxy) is 1. The third-order valence-corrected chi connectivity index (χ3v) is 5.57. The molecule has 4 nitrogen and oxygen atoms in total. The minimum atomic E-state index is 0.113. The summed E-state index contributed by atoms with van der Waals surface area (Å²) in [5.74, 6) is 0.862. The summed E-state index contributed by atoms with van der Waals surface area (Å²) in [5, 5.41) is 5.69. The second-order valence-electron chi connectivity index (χ2n) is 6.62. The van der Waals surface area contributed by atoms with Gasteiger partial charge >= 0.3 is 0 Å². The summed E-state index contributed by atoms with van der Waals surface area (Å²) in [4.78, 5) is 14.7. The van der Waals surface area contributed by atoms with Crippen LogP contribution in [0.5, 0.6) is 5.75 Å². The average molecular weight is 389 g/mol. The van der Waals surface area contributed by atoms with Crippen LogP contribution >= 0.6 is 15.9 Å². The lowest BCUT2D eigenvalue weighted by Gasteiger charge is -2.27. The Kier molecular flexibility index (Phi) is 4.46. The monoisotopic (exact) mass is 388 g/mol. The Hall–Kier alpha value is -1.59. The topological polar surface area (TPSA) is 41.6 Å². The van der Waals surface area contributed by atoms with Crippen molar-refractivity contribution < 1.29 is 9.53 Å². The quantitative estimate of drug-likeness (QED) is 0.876. The van der Waals surface area contributed by atoms with E-state index in [1.165, 1.54) is 0 Å². The van der Waals surface area contributed by atoms with Crippen LogP contribution in [-0.2, 0) is 4.79 Å². The SMILES string of the molecule is O=C(COc1ccc2cc(Br)ccc2c1)N1C2CCNCC1CC2. The van der Waals surface area contributed by atoms with Gasteiger partial charge in [-0.15, -0.1) is 0 Å². The summed E-state index contributed by atoms with van der Waals surface area (Å²) in [5.41, 5.74) is 0. The third kappa shape index (κ3) is 3.15. The second kappa shape index (κ2) is 6.73. The highest BCUT2D eigenvalue weighted by Gasteiger charge is 2.37. The maximum absolute atomic E-state index is 12.7. The van der Waals surface area contributed by atoms with Crippen molar-refractivity contribution >= 4 is 32.6 Å². The summed E-state index contributed by atoms with van der Waals surface area (Å²) in [6, 6.07) is 12.8. The standard InChI is InChI=1S/C19H21BrN2O2/c20-15-3-1-14-10-18(6-2-13(14)9-15)24-12-19(23)22-16-4-5-17(22)11-21-8-7-16/h1-3,6,9-10,16-17,21H,4-5,7-8,11-12H2. The highest BCUT2D eigenvalue weighted by molar-refractivity contribution is 9.10. The second-order valence-corrected chi connectivity index (χ2v) is 7.54. The first-order valence-corrected chi connectivity index (χ1v) is 9.34. The molecule has 0 aliphatic carbocycles. The number of amides is 1. The molecule has 1 N–H and O–H groups in total. The minimum absolute atomic E-state index is 0.113. The molecule has 0 spiro atoms. The largest absolute Gasteiger partial charge is 0.484 e. The van der Waals surface area contributed by atoms with Crippen LogP contribution < -0.4 is 10.1 Å². The van der Waals surface area contributed by atoms with E-state index in [0.717, 1.165) is 53.3 Å². The zero-order valence-electron chi connectivity index (χ0n) is 13.5. The van der Waals surface area contributed by atoms with Gasteiger partial charge in [-0.3, -0.25) is 4.79 Å². The van der Waals surface area contributed by atoms with Crippen LogP contribution in [0.4, 0.5) is 0 Å². The number of nitrogens with one attached hydrogen (secondary N) is 1. The van der Waals surface area contributed by atoms with Gasteiger partial charge in [0.15, 0.2) is 6.61 Å². The van der Waals surface area contributed by atoms with Gasteiger partial charge in [-0.1, -0.05) is 28.1 Å². The summed E-state index contributed by atoms with van der Waals surface area (Å²) in [6.45, 7) is 2.04. The van der Waals surface area contributed by atoms with Gasteiger partial charge in [0, 0.05) is 23.1 Å². The molecule has 2 heterocycles. The maximum Gasteiger partial charge on any atom is 0.261 e. The number of carbonyl (C=O) groups excluding carboxylic acids is 1. The lowest BCUT2D eigenvalue weighted by atomic mass is 10.1. The summed E-state index contributed by atoms with van der Waals surface area (Å²) >= 11 is 3.48. The summed E-state index contributed by atoms with van der Waals surface area (Å²) in [7, 11) is 0. The Morgan fingerprint density at radius 2 is 1.92 bits per heavy atom. The molecular weight excluding hydrogens is 368 g/mol. The molecule has 24 heavy (non-hydrogen) atoms. The van der Waals surface area contributed by atoms with Crippen molar-refractivity contribution in [2.45, 2.75) is 31.3 Å². The zero-order chi connectivity index (χ0) is 16.5. The zero-order valence-corrected chi connectivity index (χ0v) is 15.1. The van der Waals surface area contributed by atoms with Crippen molar-refractivity contribution in [3.63, 3.8) is 0 Å². The predicted octanol–water partition coefficient (Wildman–Crippen LogP) is 3.33. The van der Waals surface area contributed by atoms with E-state index in [2.05, 4.69) is 38.3 Å². The number of hydrogen-bond acceptors (Lipinski definition) is 3. The molecule has 2 fully saturated rings. The van der Waals surface area contributed by atoms with Crippen LogP contribution in [-0.4, -0.2) is 42.6 Å². The van der Waals surface area contributed by atoms with E-state index >= 15 is 0 Å². The Morgan fingerprint density at radius 3 is 2.83 bits per heavy atom. The highest BCUT2D eigenvalue weighted by atomic mass is 79.9. The van der Waals surface area contributed by atoms with Crippen LogP contribution in [0, 0.1) is 0 Å². The van der Waals surface area contributed by atoms with E-state index in [4.69, 9.17) is 4.74 Å². The predicted molar refractivity (Wildman–Crippen MR) is 98.3 cm³/mol. The first-order chi connectivity index (χ1) is 11.7. The molecule has 2 bridgehead atoms. The van der Waals surface area contributed by atoms with Gasteiger partial charge in [0.05, 0.1) is 0 Å². The van der Waals surface area contributed by atoms with E-state index in [-0.39, 0.29) is 12.5 Å². The van der Waals surface area contributed by atoms with Crippen LogP contribution in [0.1, 0.15) is 19.3 Å². The first-order valence-electron chi connectivity index (χ1n) is 8.55. The molecule has 2 unspecified atom stereocenters. The molecule has 0 aromatic heterocycles. The third-order valence-electron chi connectivity index (χ3n) is 5.08. The van der Waals surface area contributed by atoms with Gasteiger partial charge in [-0.2, -0.15) is 0 Å². The Morgan fingerprint density at radius 1 is 1.12 bits per heavy atom. The van der Waals surface area contributed by atoms with Crippen molar-refractivity contribution in [3.8, 4) is 5.75 Å². The fourth-order valence-corrected chi connectivity index (χ4v) is 4.27. The van der Waals surface area contributed by atoms with Crippen LogP contribution in [0.2, 0.25) is 0 Å². The Labute approximate surface area is 150 Å². The molecule has 2 saturated heterocycles. The van der Waals surface area contributed by atoms with Crippen LogP contribution in [0.25, 0.3) is 10.8 Å². The normalized spacial score (nSPS) is 23.3. The van der Waals surface area contributed by atoms with Gasteiger partial charge in [-0.25, -0.2) is 0 Å². The molecule has 0 saturated carbocycles. The fraction of sp³-hybridized carbons (Fsp3) is 0.421. The van der Waals surface area contributed by atoms with Crippen molar-refractivity contribution in [1.29, 1.82) is 0 Å². The number of fused-ring (bicyclic) bond motifs is 3. The minimum Gasteiger partial charge on any atom is -0.484 e. The number of rotatable bonds is 3. The molecule has 2 aliphatic rings. The summed E-state index contributed by atoms with van der Waals surface area (Å²) in [6.07, 6.45) is 3.28. The molecule has 2 aromatic carbocycles. The Balaban J connectivity index is 1.44. The molecular formula is C19H21BrN2O2. The molecule has 0 radical (unpaired) electrons. The van der Waals surface area contributed by atoms with Crippen LogP contribution in [0.15, 0.2) is 40.9 Å². The number of nitrogens with zero attached hydrogens (tertiary/aromatic N) is 1. The van der Waals surface area contributed by atoms with Crippen molar-refractivity contribution in [1.82, 2.24) is 10.2 Å². The molecule has 1 amide bonds. The van der Waals surface area contributed by atoms with E-state index < -0.39 is 0 Å². The van der Waals surface area contributed by atoms with Gasteiger partial charge in [0.1, 0.15) is 5.75 Å². The number of halogens is 1.